The molecule has 1 rings (SSSR count). The summed E-state index contributed by atoms with van der Waals surface area (Å²) in [6.07, 6.45) is 1.86. The minimum atomic E-state index is -1.09. The van der Waals surface area contributed by atoms with Crippen molar-refractivity contribution in [2.24, 2.45) is 0 Å². The molecule has 19 heavy (non-hydrogen) atoms. The van der Waals surface area contributed by atoms with Gasteiger partial charge in [0.2, 0.25) is 0 Å². The molecular weight excluding hydrogens is 288 g/mol. The number of aliphatic hydroxyl groups is 1. The zero-order valence-corrected chi connectivity index (χ0v) is 12.2. The normalized spacial score (nSPS) is 13.6. The minimum Gasteiger partial charge on any atom is -0.478 e. The number of nitrogens with one attached hydrogen (secondary N) is 2. The predicted molar refractivity (Wildman–Crippen MR) is 77.3 cm³/mol. The highest BCUT2D eigenvalue weighted by Gasteiger charge is 2.21. The molecule has 0 aliphatic carbocycles. The van der Waals surface area contributed by atoms with Crippen LogP contribution in [0.1, 0.15) is 17.3 Å². The van der Waals surface area contributed by atoms with Crippen LogP contribution in [0.4, 0.5) is 9.80 Å². The number of hydrogen-bond donors (Lipinski definition) is 4. The summed E-state index contributed by atoms with van der Waals surface area (Å²) < 4.78 is 0. The second-order valence-corrected chi connectivity index (χ2v) is 5.99. The van der Waals surface area contributed by atoms with Gasteiger partial charge < -0.3 is 15.5 Å². The fourth-order valence-electron chi connectivity index (χ4n) is 1.35. The molecule has 0 bridgehead atoms. The van der Waals surface area contributed by atoms with Gasteiger partial charge in [-0.05, 0) is 24.6 Å². The number of thioether (sulfide) groups is 1. The summed E-state index contributed by atoms with van der Waals surface area (Å²) >= 11 is 2.61. The summed E-state index contributed by atoms with van der Waals surface area (Å²) in [4.78, 5) is 22.5. The number of carbonyl (C=O) groups is 2. The second-order valence-electron chi connectivity index (χ2n) is 4.21. The summed E-state index contributed by atoms with van der Waals surface area (Å²) in [5, 5.41) is 25.6. The quantitative estimate of drug-likeness (QED) is 0.641. The molecule has 2 amide bonds. The predicted octanol–water partition coefficient (Wildman–Crippen LogP) is 1.68. The van der Waals surface area contributed by atoms with Gasteiger partial charge in [0, 0.05) is 12.3 Å². The third kappa shape index (κ3) is 5.09. The SMILES string of the molecule is CSCC(C)(O)CNC(=O)Nc1sccc1C(=O)O. The van der Waals surface area contributed by atoms with Crippen LogP contribution in [0, 0.1) is 0 Å². The number of urea groups is 1. The fraction of sp³-hybridized carbons (Fsp3) is 0.455. The molecule has 1 atom stereocenters. The van der Waals surface area contributed by atoms with Crippen molar-refractivity contribution < 1.29 is 19.8 Å². The van der Waals surface area contributed by atoms with Gasteiger partial charge in [0.15, 0.2) is 0 Å². The van der Waals surface area contributed by atoms with Crippen LogP contribution in [0.15, 0.2) is 11.4 Å². The molecule has 106 valence electrons. The van der Waals surface area contributed by atoms with Crippen molar-refractivity contribution in [3.63, 3.8) is 0 Å². The van der Waals surface area contributed by atoms with E-state index >= 15 is 0 Å². The molecular formula is C11H16N2O4S2. The van der Waals surface area contributed by atoms with Gasteiger partial charge in [-0.1, -0.05) is 0 Å². The van der Waals surface area contributed by atoms with Gasteiger partial charge in [0.05, 0.1) is 11.2 Å². The first-order valence-electron chi connectivity index (χ1n) is 5.42. The first-order chi connectivity index (χ1) is 8.85. The molecule has 0 aromatic carbocycles. The average molecular weight is 304 g/mol. The van der Waals surface area contributed by atoms with E-state index in [2.05, 4.69) is 10.6 Å². The molecule has 0 fully saturated rings. The third-order valence-electron chi connectivity index (χ3n) is 2.21. The zero-order chi connectivity index (χ0) is 14.5. The van der Waals surface area contributed by atoms with Crippen LogP contribution >= 0.6 is 23.1 Å². The molecule has 0 spiro atoms. The third-order valence-corrected chi connectivity index (χ3v) is 3.95. The first kappa shape index (κ1) is 15.8. The molecule has 1 aromatic heterocycles. The van der Waals surface area contributed by atoms with Crippen LogP contribution in [0.3, 0.4) is 0 Å². The number of aromatic carboxylic acids is 1. The van der Waals surface area contributed by atoms with Crippen molar-refractivity contribution in [3.8, 4) is 0 Å². The Kier molecular flexibility index (Phi) is 5.64. The van der Waals surface area contributed by atoms with E-state index in [1.165, 1.54) is 17.8 Å². The standard InChI is InChI=1S/C11H16N2O4S2/c1-11(17,6-18-2)5-12-10(16)13-8-7(9(14)15)3-4-19-8/h3-4,17H,5-6H2,1-2H3,(H,14,15)(H2,12,13,16). The van der Waals surface area contributed by atoms with Crippen molar-refractivity contribution in [3.05, 3.63) is 17.0 Å². The number of carboxylic acid groups (broad SMARTS) is 1. The maximum absolute atomic E-state index is 11.6. The van der Waals surface area contributed by atoms with Crippen molar-refractivity contribution >= 4 is 40.1 Å². The number of thiophene rings is 1. The zero-order valence-electron chi connectivity index (χ0n) is 10.6. The maximum atomic E-state index is 11.6. The van der Waals surface area contributed by atoms with E-state index in [1.54, 1.807) is 12.3 Å². The highest BCUT2D eigenvalue weighted by molar-refractivity contribution is 7.98. The molecule has 4 N–H and O–H groups in total. The van der Waals surface area contributed by atoms with Gasteiger partial charge >= 0.3 is 12.0 Å². The van der Waals surface area contributed by atoms with Gasteiger partial charge in [0.1, 0.15) is 5.00 Å². The van der Waals surface area contributed by atoms with E-state index in [0.29, 0.717) is 5.75 Å². The molecule has 0 saturated carbocycles. The lowest BCUT2D eigenvalue weighted by atomic mass is 10.1. The Balaban J connectivity index is 2.52. The molecule has 6 nitrogen and oxygen atoms in total. The number of carbonyl (C=O) groups excluding carboxylic acids is 1. The Morgan fingerprint density at radius 2 is 2.21 bits per heavy atom. The Labute approximate surface area is 119 Å². The average Bonchev–Trinajstić information content (AvgIpc) is 2.75. The number of carboxylic acids is 1. The lowest BCUT2D eigenvalue weighted by Gasteiger charge is -2.22. The Morgan fingerprint density at radius 3 is 2.79 bits per heavy atom. The van der Waals surface area contributed by atoms with Gasteiger partial charge in [-0.15, -0.1) is 11.3 Å². The first-order valence-corrected chi connectivity index (χ1v) is 7.70. The van der Waals surface area contributed by atoms with Crippen LogP contribution in [-0.4, -0.2) is 46.4 Å². The van der Waals surface area contributed by atoms with E-state index in [9.17, 15) is 14.7 Å². The largest absolute Gasteiger partial charge is 0.478 e. The van der Waals surface area contributed by atoms with E-state index in [0.717, 1.165) is 11.3 Å². The topological polar surface area (TPSA) is 98.7 Å². The highest BCUT2D eigenvalue weighted by Crippen LogP contribution is 2.22. The Hall–Kier alpha value is -1.25. The fourth-order valence-corrected chi connectivity index (χ4v) is 2.85. The van der Waals surface area contributed by atoms with E-state index in [4.69, 9.17) is 5.11 Å². The molecule has 1 heterocycles. The maximum Gasteiger partial charge on any atom is 0.338 e. The van der Waals surface area contributed by atoms with Crippen LogP contribution in [0.25, 0.3) is 0 Å². The van der Waals surface area contributed by atoms with Crippen LogP contribution in [0.2, 0.25) is 0 Å². The number of anilines is 1. The minimum absolute atomic E-state index is 0.0519. The number of hydrogen-bond acceptors (Lipinski definition) is 5. The van der Waals surface area contributed by atoms with Crippen molar-refractivity contribution in [1.29, 1.82) is 0 Å². The Bertz CT molecular complexity index is 459. The van der Waals surface area contributed by atoms with E-state index in [1.807, 2.05) is 6.26 Å². The summed E-state index contributed by atoms with van der Waals surface area (Å²) in [5.74, 6) is -0.599. The molecule has 8 heteroatoms. The highest BCUT2D eigenvalue weighted by atomic mass is 32.2. The number of rotatable bonds is 6. The summed E-state index contributed by atoms with van der Waals surface area (Å²) in [5.41, 5.74) is -0.946. The van der Waals surface area contributed by atoms with E-state index in [-0.39, 0.29) is 17.1 Å². The van der Waals surface area contributed by atoms with Gasteiger partial charge in [-0.25, -0.2) is 9.59 Å². The Morgan fingerprint density at radius 1 is 1.53 bits per heavy atom. The summed E-state index contributed by atoms with van der Waals surface area (Å²) in [7, 11) is 0. The monoisotopic (exact) mass is 304 g/mol. The lowest BCUT2D eigenvalue weighted by molar-refractivity contribution is 0.0698. The van der Waals surface area contributed by atoms with Gasteiger partial charge in [0.25, 0.3) is 0 Å². The number of amides is 2. The van der Waals surface area contributed by atoms with Crippen molar-refractivity contribution in [2.75, 3.05) is 23.9 Å². The molecule has 0 aliphatic rings. The second kappa shape index (κ2) is 6.78. The molecule has 0 aliphatic heterocycles. The van der Waals surface area contributed by atoms with E-state index < -0.39 is 17.6 Å². The molecule has 0 saturated heterocycles. The molecule has 1 unspecified atom stereocenters. The molecule has 1 aromatic rings. The van der Waals surface area contributed by atoms with Gasteiger partial charge in [-0.3, -0.25) is 5.32 Å². The lowest BCUT2D eigenvalue weighted by Crippen LogP contribution is -2.43. The van der Waals surface area contributed by atoms with Crippen LogP contribution in [-0.2, 0) is 0 Å². The summed E-state index contributed by atoms with van der Waals surface area (Å²) in [6.45, 7) is 1.71. The van der Waals surface area contributed by atoms with Crippen LogP contribution in [0.5, 0.6) is 0 Å². The van der Waals surface area contributed by atoms with Gasteiger partial charge in [-0.2, -0.15) is 11.8 Å². The smallest absolute Gasteiger partial charge is 0.338 e. The van der Waals surface area contributed by atoms with Crippen molar-refractivity contribution in [2.45, 2.75) is 12.5 Å². The molecule has 0 radical (unpaired) electrons. The van der Waals surface area contributed by atoms with Crippen LogP contribution < -0.4 is 10.6 Å². The van der Waals surface area contributed by atoms with Crippen molar-refractivity contribution in [1.82, 2.24) is 5.32 Å². The summed E-state index contributed by atoms with van der Waals surface area (Å²) in [6, 6.07) is 0.887.